The highest BCUT2D eigenvalue weighted by Crippen LogP contribution is 2.10. The van der Waals surface area contributed by atoms with Crippen LogP contribution in [0.15, 0.2) is 28.7 Å². The Morgan fingerprint density at radius 2 is 1.94 bits per heavy atom. The van der Waals surface area contributed by atoms with Crippen molar-refractivity contribution in [3.05, 3.63) is 34.3 Å². The zero-order valence-corrected chi connectivity index (χ0v) is 10.2. The first-order valence-corrected chi connectivity index (χ1v) is 5.53. The molecule has 2 N–H and O–H groups in total. The summed E-state index contributed by atoms with van der Waals surface area (Å²) in [6, 6.07) is 6.01. The molecule has 0 bridgehead atoms. The van der Waals surface area contributed by atoms with Gasteiger partial charge in [-0.15, -0.1) is 0 Å². The third-order valence-electron chi connectivity index (χ3n) is 2.14. The van der Waals surface area contributed by atoms with Gasteiger partial charge in [-0.2, -0.15) is 0 Å². The monoisotopic (exact) mass is 297 g/mol. The van der Waals surface area contributed by atoms with E-state index < -0.39 is 17.8 Å². The Bertz CT molecular complexity index is 486. The molecule has 0 unspecified atom stereocenters. The lowest BCUT2D eigenvalue weighted by Crippen LogP contribution is -2.44. The number of benzene rings is 1. The van der Waals surface area contributed by atoms with Crippen LogP contribution in [0.2, 0.25) is 0 Å². The van der Waals surface area contributed by atoms with E-state index in [-0.39, 0.29) is 6.54 Å². The van der Waals surface area contributed by atoms with Gasteiger partial charge in [0.2, 0.25) is 5.91 Å². The molecule has 6 nitrogen and oxygen atoms in total. The minimum absolute atomic E-state index is 0.166. The molecule has 1 aromatic carbocycles. The summed E-state index contributed by atoms with van der Waals surface area (Å²) < 4.78 is 0.850. The fourth-order valence-electron chi connectivity index (χ4n) is 1.32. The van der Waals surface area contributed by atoms with Crippen LogP contribution in [0.4, 0.5) is 4.79 Å². The lowest BCUT2D eigenvalue weighted by molar-refractivity contribution is -0.118. The topological polar surface area (TPSA) is 78.5 Å². The zero-order valence-electron chi connectivity index (χ0n) is 8.57. The summed E-state index contributed by atoms with van der Waals surface area (Å²) in [6.07, 6.45) is 0. The predicted octanol–water partition coefficient (Wildman–Crippen LogP) is 0.646. The Kier molecular flexibility index (Phi) is 3.10. The second-order valence-electron chi connectivity index (χ2n) is 3.39. The van der Waals surface area contributed by atoms with Gasteiger partial charge in [0.15, 0.2) is 0 Å². The van der Waals surface area contributed by atoms with Gasteiger partial charge in [0.1, 0.15) is 6.54 Å². The number of hydrazine groups is 1. The van der Waals surface area contributed by atoms with Gasteiger partial charge in [0.05, 0.1) is 0 Å². The number of halogens is 1. The summed E-state index contributed by atoms with van der Waals surface area (Å²) >= 11 is 3.25. The number of amides is 4. The average Bonchev–Trinajstić information content (AvgIpc) is 2.58. The van der Waals surface area contributed by atoms with Crippen LogP contribution < -0.4 is 10.7 Å². The largest absolute Gasteiger partial charge is 0.343 e. The van der Waals surface area contributed by atoms with Gasteiger partial charge < -0.3 is 0 Å². The smallest absolute Gasteiger partial charge is 0.275 e. The van der Waals surface area contributed by atoms with Crippen LogP contribution in [0.3, 0.4) is 0 Å². The highest BCUT2D eigenvalue weighted by molar-refractivity contribution is 9.10. The fourth-order valence-corrected chi connectivity index (χ4v) is 1.58. The van der Waals surface area contributed by atoms with Crippen molar-refractivity contribution in [2.24, 2.45) is 0 Å². The molecule has 0 radical (unpaired) electrons. The molecule has 0 atom stereocenters. The summed E-state index contributed by atoms with van der Waals surface area (Å²) in [5.41, 5.74) is 2.74. The maximum atomic E-state index is 11.7. The van der Waals surface area contributed by atoms with Crippen LogP contribution in [0, 0.1) is 0 Å². The second kappa shape index (κ2) is 4.54. The molecule has 7 heteroatoms. The van der Waals surface area contributed by atoms with Gasteiger partial charge >= 0.3 is 6.03 Å². The SMILES string of the molecule is O=C1CN(NC(=O)c2ccc(Br)cc2)C(=O)N1. The lowest BCUT2D eigenvalue weighted by Gasteiger charge is -2.14. The molecule has 1 aromatic rings. The molecule has 1 aliphatic rings. The minimum atomic E-state index is -0.625. The summed E-state index contributed by atoms with van der Waals surface area (Å²) in [5, 5.41) is 3.00. The molecule has 0 aliphatic carbocycles. The van der Waals surface area contributed by atoms with Gasteiger partial charge in [0.25, 0.3) is 5.91 Å². The highest BCUT2D eigenvalue weighted by atomic mass is 79.9. The highest BCUT2D eigenvalue weighted by Gasteiger charge is 2.28. The molecule has 1 fully saturated rings. The van der Waals surface area contributed by atoms with Crippen LogP contribution in [0.25, 0.3) is 0 Å². The van der Waals surface area contributed by atoms with Crippen molar-refractivity contribution in [3.8, 4) is 0 Å². The van der Waals surface area contributed by atoms with Crippen LogP contribution in [0.1, 0.15) is 10.4 Å². The fraction of sp³-hybridized carbons (Fsp3) is 0.100. The Morgan fingerprint density at radius 1 is 1.29 bits per heavy atom. The van der Waals surface area contributed by atoms with Gasteiger partial charge in [-0.05, 0) is 24.3 Å². The van der Waals surface area contributed by atoms with Crippen molar-refractivity contribution in [2.45, 2.75) is 0 Å². The molecule has 17 heavy (non-hydrogen) atoms. The number of imide groups is 1. The third kappa shape index (κ3) is 2.62. The molecule has 2 rings (SSSR count). The Hall–Kier alpha value is -1.89. The number of rotatable bonds is 2. The number of carbonyl (C=O) groups is 3. The minimum Gasteiger partial charge on any atom is -0.275 e. The number of hydrogen-bond acceptors (Lipinski definition) is 3. The normalized spacial score (nSPS) is 14.8. The standard InChI is InChI=1S/C10H8BrN3O3/c11-7-3-1-6(2-4-7)9(16)13-14-5-8(15)12-10(14)17/h1-4H,5H2,(H,13,16)(H,12,15,17). The summed E-state index contributed by atoms with van der Waals surface area (Å²) in [5.74, 6) is -0.881. The second-order valence-corrected chi connectivity index (χ2v) is 4.30. The molecule has 1 aliphatic heterocycles. The van der Waals surface area contributed by atoms with Gasteiger partial charge in [0, 0.05) is 10.0 Å². The molecule has 0 spiro atoms. The molecule has 1 saturated heterocycles. The first-order valence-electron chi connectivity index (χ1n) is 4.74. The summed E-state index contributed by atoms with van der Waals surface area (Å²) in [4.78, 5) is 33.8. The van der Waals surface area contributed by atoms with E-state index >= 15 is 0 Å². The molecule has 0 saturated carbocycles. The van der Waals surface area contributed by atoms with E-state index in [1.54, 1.807) is 24.3 Å². The van der Waals surface area contributed by atoms with Crippen LogP contribution in [-0.4, -0.2) is 29.4 Å². The molecule has 88 valence electrons. The van der Waals surface area contributed by atoms with Crippen molar-refractivity contribution < 1.29 is 14.4 Å². The van der Waals surface area contributed by atoms with Gasteiger partial charge in [-0.3, -0.25) is 20.3 Å². The van der Waals surface area contributed by atoms with E-state index in [4.69, 9.17) is 0 Å². The Balaban J connectivity index is 2.04. The van der Waals surface area contributed by atoms with Gasteiger partial charge in [-0.25, -0.2) is 9.80 Å². The summed E-state index contributed by atoms with van der Waals surface area (Å²) in [6.45, 7) is -0.166. The van der Waals surface area contributed by atoms with E-state index in [9.17, 15) is 14.4 Å². The van der Waals surface area contributed by atoms with Crippen LogP contribution in [0.5, 0.6) is 0 Å². The zero-order chi connectivity index (χ0) is 12.4. The number of nitrogens with one attached hydrogen (secondary N) is 2. The molecular formula is C10H8BrN3O3. The van der Waals surface area contributed by atoms with E-state index in [1.807, 2.05) is 0 Å². The van der Waals surface area contributed by atoms with Crippen molar-refractivity contribution in [2.75, 3.05) is 6.54 Å². The van der Waals surface area contributed by atoms with Crippen molar-refractivity contribution in [1.29, 1.82) is 0 Å². The average molecular weight is 298 g/mol. The number of urea groups is 1. The number of hydrogen-bond donors (Lipinski definition) is 2. The van der Waals surface area contributed by atoms with E-state index in [0.717, 1.165) is 9.48 Å². The Morgan fingerprint density at radius 3 is 2.47 bits per heavy atom. The molecular weight excluding hydrogens is 290 g/mol. The van der Waals surface area contributed by atoms with E-state index in [2.05, 4.69) is 26.7 Å². The van der Waals surface area contributed by atoms with Crippen molar-refractivity contribution >= 4 is 33.8 Å². The maximum absolute atomic E-state index is 11.7. The quantitative estimate of drug-likeness (QED) is 0.787. The first kappa shape index (κ1) is 11.6. The summed E-state index contributed by atoms with van der Waals surface area (Å²) in [7, 11) is 0. The van der Waals surface area contributed by atoms with Gasteiger partial charge in [-0.1, -0.05) is 15.9 Å². The van der Waals surface area contributed by atoms with Crippen molar-refractivity contribution in [3.63, 3.8) is 0 Å². The molecule has 1 heterocycles. The predicted molar refractivity (Wildman–Crippen MR) is 61.9 cm³/mol. The molecule has 0 aromatic heterocycles. The lowest BCUT2D eigenvalue weighted by atomic mass is 10.2. The van der Waals surface area contributed by atoms with Crippen molar-refractivity contribution in [1.82, 2.24) is 15.8 Å². The molecule has 4 amide bonds. The maximum Gasteiger partial charge on any atom is 0.343 e. The number of nitrogens with zero attached hydrogens (tertiary/aromatic N) is 1. The third-order valence-corrected chi connectivity index (χ3v) is 2.66. The first-order chi connectivity index (χ1) is 8.06. The van der Waals surface area contributed by atoms with E-state index in [0.29, 0.717) is 5.56 Å². The number of carbonyl (C=O) groups excluding carboxylic acids is 3. The van der Waals surface area contributed by atoms with Crippen LogP contribution in [-0.2, 0) is 4.79 Å². The Labute approximate surface area is 105 Å². The van der Waals surface area contributed by atoms with Crippen LogP contribution >= 0.6 is 15.9 Å². The van der Waals surface area contributed by atoms with E-state index in [1.165, 1.54) is 0 Å².